The van der Waals surface area contributed by atoms with E-state index in [-0.39, 0.29) is 24.2 Å². The van der Waals surface area contributed by atoms with Crippen LogP contribution in [0.5, 0.6) is 0 Å². The molecule has 0 saturated carbocycles. The number of carbonyl (C=O) groups excluding carboxylic acids is 1. The van der Waals surface area contributed by atoms with Crippen LogP contribution in [-0.4, -0.2) is 19.0 Å². The fourth-order valence-corrected chi connectivity index (χ4v) is 1.56. The summed E-state index contributed by atoms with van der Waals surface area (Å²) in [5.74, 6) is -0.0323. The van der Waals surface area contributed by atoms with Crippen LogP contribution in [0, 0.1) is 12.8 Å². The molecule has 1 aromatic carbocycles. The third kappa shape index (κ3) is 4.02. The molecule has 0 spiro atoms. The highest BCUT2D eigenvalue weighted by atomic mass is 35.5. The topological polar surface area (TPSA) is 46.3 Å². The van der Waals surface area contributed by atoms with Crippen LogP contribution in [0.2, 0.25) is 0 Å². The molecule has 0 aromatic heterocycles. The van der Waals surface area contributed by atoms with E-state index in [2.05, 4.69) is 0 Å². The molecule has 0 aliphatic heterocycles. The Morgan fingerprint density at radius 3 is 2.29 bits per heavy atom. The van der Waals surface area contributed by atoms with Crippen LogP contribution in [0.25, 0.3) is 0 Å². The predicted octanol–water partition coefficient (Wildman–Crippen LogP) is 2.36. The molecule has 0 radical (unpaired) electrons. The van der Waals surface area contributed by atoms with Gasteiger partial charge in [0.05, 0.1) is 0 Å². The lowest BCUT2D eigenvalue weighted by Crippen LogP contribution is -2.37. The molecule has 0 aliphatic rings. The molecule has 17 heavy (non-hydrogen) atoms. The van der Waals surface area contributed by atoms with Gasteiger partial charge in [0.25, 0.3) is 0 Å². The van der Waals surface area contributed by atoms with Crippen molar-refractivity contribution in [2.75, 3.05) is 18.0 Å². The smallest absolute Gasteiger partial charge is 0.231 e. The summed E-state index contributed by atoms with van der Waals surface area (Å²) in [4.78, 5) is 13.8. The second kappa shape index (κ2) is 7.30. The Kier molecular flexibility index (Phi) is 6.85. The van der Waals surface area contributed by atoms with E-state index >= 15 is 0 Å². The van der Waals surface area contributed by atoms with Crippen LogP contribution >= 0.6 is 12.4 Å². The largest absolute Gasteiger partial charge is 0.330 e. The molecule has 1 amide bonds. The number of benzene rings is 1. The van der Waals surface area contributed by atoms with Crippen LogP contribution in [-0.2, 0) is 4.79 Å². The fourth-order valence-electron chi connectivity index (χ4n) is 1.56. The lowest BCUT2D eigenvalue weighted by atomic mass is 10.1. The van der Waals surface area contributed by atoms with Crippen LogP contribution in [0.1, 0.15) is 19.4 Å². The van der Waals surface area contributed by atoms with E-state index < -0.39 is 0 Å². The van der Waals surface area contributed by atoms with E-state index in [0.29, 0.717) is 13.1 Å². The summed E-state index contributed by atoms with van der Waals surface area (Å²) in [5, 5.41) is 0. The zero-order chi connectivity index (χ0) is 12.1. The molecule has 1 rings (SSSR count). The maximum Gasteiger partial charge on any atom is 0.231 e. The van der Waals surface area contributed by atoms with Gasteiger partial charge in [-0.25, -0.2) is 0 Å². The first-order valence-corrected chi connectivity index (χ1v) is 5.68. The number of halogens is 1. The highest BCUT2D eigenvalue weighted by Gasteiger charge is 2.19. The second-order valence-electron chi connectivity index (χ2n) is 4.05. The van der Waals surface area contributed by atoms with E-state index in [0.717, 1.165) is 5.69 Å². The monoisotopic (exact) mass is 256 g/mol. The molecule has 1 aromatic rings. The van der Waals surface area contributed by atoms with Crippen molar-refractivity contribution in [1.82, 2.24) is 0 Å². The first-order valence-electron chi connectivity index (χ1n) is 5.68. The number of rotatable bonds is 4. The first kappa shape index (κ1) is 15.9. The maximum atomic E-state index is 12.0. The highest BCUT2D eigenvalue weighted by molar-refractivity contribution is 5.94. The van der Waals surface area contributed by atoms with E-state index in [1.807, 2.05) is 45.0 Å². The van der Waals surface area contributed by atoms with Crippen molar-refractivity contribution in [3.05, 3.63) is 29.8 Å². The second-order valence-corrected chi connectivity index (χ2v) is 4.05. The zero-order valence-corrected chi connectivity index (χ0v) is 11.5. The average Bonchev–Trinajstić information content (AvgIpc) is 2.31. The van der Waals surface area contributed by atoms with Crippen molar-refractivity contribution in [2.24, 2.45) is 11.7 Å². The van der Waals surface area contributed by atoms with Crippen molar-refractivity contribution >= 4 is 24.0 Å². The molecule has 0 aliphatic carbocycles. The SMILES string of the molecule is CCN(C(=O)C(C)CN)c1ccc(C)cc1.Cl. The average molecular weight is 257 g/mol. The standard InChI is InChI=1S/C13H20N2O.ClH/c1-4-15(13(16)11(3)9-14)12-7-5-10(2)6-8-12;/h5-8,11H,4,9,14H2,1-3H3;1H. The Morgan fingerprint density at radius 1 is 1.35 bits per heavy atom. The third-order valence-electron chi connectivity index (χ3n) is 2.70. The van der Waals surface area contributed by atoms with Crippen molar-refractivity contribution in [1.29, 1.82) is 0 Å². The number of amides is 1. The summed E-state index contributed by atoms with van der Waals surface area (Å²) in [6.45, 7) is 6.93. The summed E-state index contributed by atoms with van der Waals surface area (Å²) in [5.41, 5.74) is 7.66. The highest BCUT2D eigenvalue weighted by Crippen LogP contribution is 2.17. The van der Waals surface area contributed by atoms with Gasteiger partial charge < -0.3 is 10.6 Å². The van der Waals surface area contributed by atoms with Gasteiger partial charge in [0.2, 0.25) is 5.91 Å². The molecule has 0 heterocycles. The molecule has 0 bridgehead atoms. The molecule has 1 unspecified atom stereocenters. The van der Waals surface area contributed by atoms with Gasteiger partial charge in [0.15, 0.2) is 0 Å². The van der Waals surface area contributed by atoms with E-state index in [1.54, 1.807) is 4.90 Å². The van der Waals surface area contributed by atoms with Crippen LogP contribution < -0.4 is 10.6 Å². The van der Waals surface area contributed by atoms with Gasteiger partial charge in [0.1, 0.15) is 0 Å². The van der Waals surface area contributed by atoms with Crippen molar-refractivity contribution in [3.63, 3.8) is 0 Å². The van der Waals surface area contributed by atoms with Gasteiger partial charge >= 0.3 is 0 Å². The molecular weight excluding hydrogens is 236 g/mol. The Morgan fingerprint density at radius 2 is 1.88 bits per heavy atom. The van der Waals surface area contributed by atoms with Gasteiger partial charge in [-0.2, -0.15) is 0 Å². The fraction of sp³-hybridized carbons (Fsp3) is 0.462. The van der Waals surface area contributed by atoms with E-state index in [1.165, 1.54) is 5.56 Å². The van der Waals surface area contributed by atoms with Crippen LogP contribution in [0.4, 0.5) is 5.69 Å². The van der Waals surface area contributed by atoms with E-state index in [9.17, 15) is 4.79 Å². The van der Waals surface area contributed by atoms with Crippen molar-refractivity contribution in [3.8, 4) is 0 Å². The summed E-state index contributed by atoms with van der Waals surface area (Å²) < 4.78 is 0. The number of nitrogens with zero attached hydrogens (tertiary/aromatic N) is 1. The quantitative estimate of drug-likeness (QED) is 0.899. The molecule has 0 saturated heterocycles. The van der Waals surface area contributed by atoms with Gasteiger partial charge in [-0.05, 0) is 26.0 Å². The molecule has 96 valence electrons. The minimum absolute atomic E-state index is 0. The predicted molar refractivity (Wildman–Crippen MR) is 74.7 cm³/mol. The number of aryl methyl sites for hydroxylation is 1. The number of hydrogen-bond donors (Lipinski definition) is 1. The summed E-state index contributed by atoms with van der Waals surface area (Å²) in [7, 11) is 0. The van der Waals surface area contributed by atoms with Crippen molar-refractivity contribution < 1.29 is 4.79 Å². The summed E-state index contributed by atoms with van der Waals surface area (Å²) in [6, 6.07) is 7.97. The molecule has 3 nitrogen and oxygen atoms in total. The lowest BCUT2D eigenvalue weighted by molar-refractivity contribution is -0.121. The molecule has 1 atom stereocenters. The van der Waals surface area contributed by atoms with Crippen molar-refractivity contribution in [2.45, 2.75) is 20.8 Å². The molecular formula is C13H21ClN2O. The Balaban J connectivity index is 0.00000256. The number of carbonyl (C=O) groups is 1. The van der Waals surface area contributed by atoms with Gasteiger partial charge in [-0.1, -0.05) is 24.6 Å². The van der Waals surface area contributed by atoms with Crippen LogP contribution in [0.15, 0.2) is 24.3 Å². The van der Waals surface area contributed by atoms with E-state index in [4.69, 9.17) is 5.73 Å². The summed E-state index contributed by atoms with van der Waals surface area (Å²) in [6.07, 6.45) is 0. The third-order valence-corrected chi connectivity index (χ3v) is 2.70. The van der Waals surface area contributed by atoms with Gasteiger partial charge in [0, 0.05) is 24.7 Å². The number of hydrogen-bond acceptors (Lipinski definition) is 2. The molecule has 4 heteroatoms. The Bertz CT molecular complexity index is 351. The molecule has 0 fully saturated rings. The normalized spacial score (nSPS) is 11.5. The maximum absolute atomic E-state index is 12.0. The number of nitrogens with two attached hydrogens (primary N) is 1. The van der Waals surface area contributed by atoms with Crippen LogP contribution in [0.3, 0.4) is 0 Å². The minimum Gasteiger partial charge on any atom is -0.330 e. The minimum atomic E-state index is -0.124. The van der Waals surface area contributed by atoms with Gasteiger partial charge in [-0.3, -0.25) is 4.79 Å². The summed E-state index contributed by atoms with van der Waals surface area (Å²) >= 11 is 0. The molecule has 2 N–H and O–H groups in total. The first-order chi connectivity index (χ1) is 7.60. The zero-order valence-electron chi connectivity index (χ0n) is 10.6. The lowest BCUT2D eigenvalue weighted by Gasteiger charge is -2.24. The van der Waals surface area contributed by atoms with Gasteiger partial charge in [-0.15, -0.1) is 12.4 Å². The Labute approximate surface area is 109 Å². The Hall–Kier alpha value is -1.06. The number of anilines is 1.